The highest BCUT2D eigenvalue weighted by Gasteiger charge is 2.09. The van der Waals surface area contributed by atoms with E-state index in [4.69, 9.17) is 11.6 Å². The predicted octanol–water partition coefficient (Wildman–Crippen LogP) is 5.55. The smallest absolute Gasteiger partial charge is 0.137 e. The van der Waals surface area contributed by atoms with Crippen molar-refractivity contribution in [2.75, 3.05) is 13.6 Å². The molecule has 2 nitrogen and oxygen atoms in total. The number of hydrogen-bond donors (Lipinski definition) is 0. The van der Waals surface area contributed by atoms with Gasteiger partial charge in [-0.2, -0.15) is 0 Å². The SMILES string of the molecule is CCN(C)C=Nc1cc(C)c(Sc2ccccc2F)cc1Cl. The molecule has 0 saturated heterocycles. The molecule has 5 heteroatoms. The number of aliphatic imine (C=N–C) groups is 1. The van der Waals surface area contributed by atoms with E-state index in [0.717, 1.165) is 22.7 Å². The Bertz CT molecular complexity index is 688. The minimum Gasteiger partial charge on any atom is -0.366 e. The van der Waals surface area contributed by atoms with Crippen LogP contribution in [-0.4, -0.2) is 24.8 Å². The van der Waals surface area contributed by atoms with Crippen LogP contribution in [0.3, 0.4) is 0 Å². The van der Waals surface area contributed by atoms with Crippen LogP contribution < -0.4 is 0 Å². The summed E-state index contributed by atoms with van der Waals surface area (Å²) in [4.78, 5) is 7.87. The summed E-state index contributed by atoms with van der Waals surface area (Å²) in [7, 11) is 1.95. The Labute approximate surface area is 140 Å². The normalized spacial score (nSPS) is 11.1. The number of nitrogens with zero attached hydrogens (tertiary/aromatic N) is 2. The Balaban J connectivity index is 2.27. The highest BCUT2D eigenvalue weighted by Crippen LogP contribution is 2.37. The van der Waals surface area contributed by atoms with Gasteiger partial charge in [-0.3, -0.25) is 0 Å². The summed E-state index contributed by atoms with van der Waals surface area (Å²) in [6, 6.07) is 10.5. The first-order valence-corrected chi connectivity index (χ1v) is 8.17. The van der Waals surface area contributed by atoms with Gasteiger partial charge in [0.2, 0.25) is 0 Å². The summed E-state index contributed by atoms with van der Waals surface area (Å²) < 4.78 is 13.8. The minimum absolute atomic E-state index is 0.227. The average Bonchev–Trinajstić information content (AvgIpc) is 2.51. The fourth-order valence-corrected chi connectivity index (χ4v) is 2.97. The Kier molecular flexibility index (Phi) is 5.86. The first-order chi connectivity index (χ1) is 10.5. The largest absolute Gasteiger partial charge is 0.366 e. The molecule has 2 aromatic rings. The van der Waals surface area contributed by atoms with Crippen molar-refractivity contribution in [3.8, 4) is 0 Å². The van der Waals surface area contributed by atoms with Gasteiger partial charge >= 0.3 is 0 Å². The molecule has 0 amide bonds. The molecular formula is C17H18ClFN2S. The first-order valence-electron chi connectivity index (χ1n) is 6.98. The van der Waals surface area contributed by atoms with E-state index in [1.807, 2.05) is 44.0 Å². The molecule has 0 unspecified atom stereocenters. The predicted molar refractivity (Wildman–Crippen MR) is 93.2 cm³/mol. The molecule has 0 atom stereocenters. The molecule has 0 aliphatic carbocycles. The molecule has 2 aromatic carbocycles. The lowest BCUT2D eigenvalue weighted by molar-refractivity contribution is 0.552. The lowest BCUT2D eigenvalue weighted by Crippen LogP contribution is -2.14. The van der Waals surface area contributed by atoms with Crippen LogP contribution in [0.15, 0.2) is 51.2 Å². The first kappa shape index (κ1) is 16.8. The molecule has 0 aliphatic rings. The summed E-state index contributed by atoms with van der Waals surface area (Å²) in [5, 5.41) is 0.560. The number of rotatable bonds is 5. The van der Waals surface area contributed by atoms with Crippen molar-refractivity contribution < 1.29 is 4.39 Å². The van der Waals surface area contributed by atoms with Crippen LogP contribution in [0.25, 0.3) is 0 Å². The summed E-state index contributed by atoms with van der Waals surface area (Å²) >= 11 is 7.67. The number of aryl methyl sites for hydroxylation is 1. The zero-order valence-electron chi connectivity index (χ0n) is 12.8. The van der Waals surface area contributed by atoms with E-state index in [2.05, 4.69) is 4.99 Å². The molecule has 0 saturated carbocycles. The standard InChI is InChI=1S/C17H18ClFN2S/c1-4-21(3)11-20-15-9-12(2)17(10-13(15)18)22-16-8-6-5-7-14(16)19/h5-11H,4H2,1-3H3. The van der Waals surface area contributed by atoms with Crippen molar-refractivity contribution in [3.05, 3.63) is 52.8 Å². The topological polar surface area (TPSA) is 15.6 Å². The molecule has 0 spiro atoms. The molecule has 0 fully saturated rings. The maximum atomic E-state index is 13.8. The van der Waals surface area contributed by atoms with Crippen LogP contribution in [0.1, 0.15) is 12.5 Å². The number of halogens is 2. The van der Waals surface area contributed by atoms with Crippen molar-refractivity contribution in [3.63, 3.8) is 0 Å². The van der Waals surface area contributed by atoms with Gasteiger partial charge in [0, 0.05) is 23.4 Å². The Morgan fingerprint density at radius 2 is 2.00 bits per heavy atom. The second-order valence-corrected chi connectivity index (χ2v) is 6.41. The number of benzene rings is 2. The van der Waals surface area contributed by atoms with Crippen LogP contribution in [-0.2, 0) is 0 Å². The van der Waals surface area contributed by atoms with E-state index in [-0.39, 0.29) is 5.82 Å². The van der Waals surface area contributed by atoms with E-state index in [0.29, 0.717) is 9.92 Å². The van der Waals surface area contributed by atoms with E-state index in [1.165, 1.54) is 17.8 Å². The Morgan fingerprint density at radius 1 is 1.27 bits per heavy atom. The van der Waals surface area contributed by atoms with Crippen molar-refractivity contribution in [2.45, 2.75) is 23.6 Å². The highest BCUT2D eigenvalue weighted by atomic mass is 35.5. The van der Waals surface area contributed by atoms with Gasteiger partial charge in [-0.15, -0.1) is 0 Å². The lowest BCUT2D eigenvalue weighted by Gasteiger charge is -2.11. The third kappa shape index (κ3) is 4.24. The maximum absolute atomic E-state index is 13.8. The van der Waals surface area contributed by atoms with E-state index >= 15 is 0 Å². The second-order valence-electron chi connectivity index (χ2n) is 4.92. The van der Waals surface area contributed by atoms with Crippen LogP contribution >= 0.6 is 23.4 Å². The van der Waals surface area contributed by atoms with Gasteiger partial charge in [0.25, 0.3) is 0 Å². The van der Waals surface area contributed by atoms with Crippen molar-refractivity contribution in [1.82, 2.24) is 4.90 Å². The van der Waals surface area contributed by atoms with Crippen molar-refractivity contribution in [1.29, 1.82) is 0 Å². The molecule has 0 aromatic heterocycles. The van der Waals surface area contributed by atoms with Crippen molar-refractivity contribution in [2.24, 2.45) is 4.99 Å². The van der Waals surface area contributed by atoms with Gasteiger partial charge in [0.05, 0.1) is 17.0 Å². The van der Waals surface area contributed by atoms with E-state index in [1.54, 1.807) is 18.5 Å². The third-order valence-corrected chi connectivity index (χ3v) is 4.71. The van der Waals surface area contributed by atoms with Crippen molar-refractivity contribution >= 4 is 35.4 Å². The molecule has 0 aliphatic heterocycles. The maximum Gasteiger partial charge on any atom is 0.137 e. The highest BCUT2D eigenvalue weighted by molar-refractivity contribution is 7.99. The zero-order chi connectivity index (χ0) is 16.1. The van der Waals surface area contributed by atoms with Gasteiger partial charge in [0.15, 0.2) is 0 Å². The lowest BCUT2D eigenvalue weighted by atomic mass is 10.2. The van der Waals surface area contributed by atoms with Gasteiger partial charge < -0.3 is 4.90 Å². The molecule has 2 rings (SSSR count). The third-order valence-electron chi connectivity index (χ3n) is 3.19. The fraction of sp³-hybridized carbons (Fsp3) is 0.235. The fourth-order valence-electron chi connectivity index (χ4n) is 1.75. The Morgan fingerprint density at radius 3 is 2.68 bits per heavy atom. The van der Waals surface area contributed by atoms with E-state index < -0.39 is 0 Å². The molecule has 0 N–H and O–H groups in total. The second kappa shape index (κ2) is 7.65. The van der Waals surface area contributed by atoms with Crippen LogP contribution in [0.2, 0.25) is 5.02 Å². The number of hydrogen-bond acceptors (Lipinski definition) is 2. The molecule has 22 heavy (non-hydrogen) atoms. The Hall–Kier alpha value is -1.52. The molecule has 116 valence electrons. The molecule has 0 radical (unpaired) electrons. The summed E-state index contributed by atoms with van der Waals surface area (Å²) in [5.41, 5.74) is 1.74. The summed E-state index contributed by atoms with van der Waals surface area (Å²) in [6.07, 6.45) is 1.75. The van der Waals surface area contributed by atoms with Crippen LogP contribution in [0.4, 0.5) is 10.1 Å². The summed E-state index contributed by atoms with van der Waals surface area (Å²) in [6.45, 7) is 4.90. The minimum atomic E-state index is -0.227. The van der Waals surface area contributed by atoms with Crippen LogP contribution in [0.5, 0.6) is 0 Å². The molecular weight excluding hydrogens is 319 g/mol. The zero-order valence-corrected chi connectivity index (χ0v) is 14.4. The summed E-state index contributed by atoms with van der Waals surface area (Å²) in [5.74, 6) is -0.227. The van der Waals surface area contributed by atoms with Gasteiger partial charge in [-0.1, -0.05) is 35.5 Å². The molecule has 0 heterocycles. The van der Waals surface area contributed by atoms with Crippen LogP contribution in [0, 0.1) is 12.7 Å². The van der Waals surface area contributed by atoms with Gasteiger partial charge in [-0.25, -0.2) is 9.38 Å². The quantitative estimate of drug-likeness (QED) is 0.525. The monoisotopic (exact) mass is 336 g/mol. The molecule has 0 bridgehead atoms. The van der Waals surface area contributed by atoms with E-state index in [9.17, 15) is 4.39 Å². The van der Waals surface area contributed by atoms with Gasteiger partial charge in [-0.05, 0) is 43.7 Å². The van der Waals surface area contributed by atoms with Gasteiger partial charge in [0.1, 0.15) is 5.82 Å². The average molecular weight is 337 g/mol.